The molecule has 6 heteroatoms. The highest BCUT2D eigenvalue weighted by atomic mass is 32.2. The van der Waals surface area contributed by atoms with Crippen LogP contribution in [0, 0.1) is 6.92 Å². The molecule has 2 heterocycles. The molecular formula is C14H13N5S. The van der Waals surface area contributed by atoms with E-state index in [1.807, 2.05) is 44.3 Å². The number of aromatic nitrogens is 4. The Balaban J connectivity index is 2.03. The molecule has 0 radical (unpaired) electrons. The minimum Gasteiger partial charge on any atom is -0.357 e. The summed E-state index contributed by atoms with van der Waals surface area (Å²) in [6, 6.07) is 9.90. The molecule has 100 valence electrons. The lowest BCUT2D eigenvalue weighted by atomic mass is 10.2. The van der Waals surface area contributed by atoms with Crippen molar-refractivity contribution >= 4 is 28.6 Å². The summed E-state index contributed by atoms with van der Waals surface area (Å²) in [6.45, 7) is 1.95. The Hall–Kier alpha value is -2.21. The van der Waals surface area contributed by atoms with Crippen LogP contribution in [0.2, 0.25) is 0 Å². The first-order chi connectivity index (χ1) is 9.76. The van der Waals surface area contributed by atoms with E-state index in [2.05, 4.69) is 25.3 Å². The predicted molar refractivity (Wildman–Crippen MR) is 80.0 cm³/mol. The number of aryl methyl sites for hydroxylation is 1. The number of fused-ring (bicyclic) bond motifs is 1. The first-order valence-corrected chi connectivity index (χ1v) is 6.99. The van der Waals surface area contributed by atoms with Gasteiger partial charge in [0.05, 0.1) is 5.52 Å². The summed E-state index contributed by atoms with van der Waals surface area (Å²) in [6.07, 6.45) is 1.58. The van der Waals surface area contributed by atoms with Crippen molar-refractivity contribution < 1.29 is 0 Å². The van der Waals surface area contributed by atoms with E-state index in [0.29, 0.717) is 5.95 Å². The third kappa shape index (κ3) is 2.55. The van der Waals surface area contributed by atoms with Crippen molar-refractivity contribution in [2.24, 2.45) is 0 Å². The average Bonchev–Trinajstić information content (AvgIpc) is 2.47. The highest BCUT2D eigenvalue weighted by Gasteiger charge is 2.08. The van der Waals surface area contributed by atoms with Crippen molar-refractivity contribution in [3.63, 3.8) is 0 Å². The normalized spacial score (nSPS) is 10.7. The number of nitrogens with zero attached hydrogens (tertiary/aromatic N) is 4. The molecule has 0 bridgehead atoms. The van der Waals surface area contributed by atoms with E-state index in [4.69, 9.17) is 0 Å². The SMILES string of the molecule is CNc1nc(C)cc(Sc2ncnc3ccccc23)n1. The molecule has 1 aromatic carbocycles. The number of benzene rings is 1. The van der Waals surface area contributed by atoms with Crippen LogP contribution in [-0.2, 0) is 0 Å². The minimum atomic E-state index is 0.617. The Labute approximate surface area is 120 Å². The molecule has 20 heavy (non-hydrogen) atoms. The standard InChI is InChI=1S/C14H13N5S/c1-9-7-12(19-14(15-2)18-9)20-13-10-5-3-4-6-11(10)16-8-17-13/h3-8H,1-2H3,(H,15,18,19). The molecule has 0 unspecified atom stereocenters. The highest BCUT2D eigenvalue weighted by Crippen LogP contribution is 2.30. The van der Waals surface area contributed by atoms with Crippen molar-refractivity contribution in [3.05, 3.63) is 42.4 Å². The van der Waals surface area contributed by atoms with E-state index in [9.17, 15) is 0 Å². The average molecular weight is 283 g/mol. The Morgan fingerprint density at radius 1 is 1.10 bits per heavy atom. The van der Waals surface area contributed by atoms with Crippen molar-refractivity contribution in [1.29, 1.82) is 0 Å². The van der Waals surface area contributed by atoms with Crippen LogP contribution >= 0.6 is 11.8 Å². The lowest BCUT2D eigenvalue weighted by Gasteiger charge is -2.06. The zero-order chi connectivity index (χ0) is 13.9. The number of para-hydroxylation sites is 1. The first kappa shape index (κ1) is 12.8. The molecular weight excluding hydrogens is 270 g/mol. The topological polar surface area (TPSA) is 63.6 Å². The summed E-state index contributed by atoms with van der Waals surface area (Å²) in [7, 11) is 1.81. The van der Waals surface area contributed by atoms with Crippen LogP contribution in [0.4, 0.5) is 5.95 Å². The molecule has 0 aliphatic heterocycles. The van der Waals surface area contributed by atoms with Crippen molar-refractivity contribution in [3.8, 4) is 0 Å². The lowest BCUT2D eigenvalue weighted by Crippen LogP contribution is -1.99. The molecule has 0 fully saturated rings. The number of rotatable bonds is 3. The van der Waals surface area contributed by atoms with E-state index in [1.54, 1.807) is 6.33 Å². The first-order valence-electron chi connectivity index (χ1n) is 6.17. The van der Waals surface area contributed by atoms with Crippen LogP contribution < -0.4 is 5.32 Å². The summed E-state index contributed by atoms with van der Waals surface area (Å²) >= 11 is 1.52. The molecule has 0 aliphatic rings. The molecule has 1 N–H and O–H groups in total. The fourth-order valence-corrected chi connectivity index (χ4v) is 2.81. The maximum atomic E-state index is 4.43. The second-order valence-corrected chi connectivity index (χ2v) is 5.23. The fourth-order valence-electron chi connectivity index (χ4n) is 1.86. The van der Waals surface area contributed by atoms with E-state index in [1.165, 1.54) is 11.8 Å². The van der Waals surface area contributed by atoms with Crippen LogP contribution in [0.3, 0.4) is 0 Å². The Morgan fingerprint density at radius 2 is 1.95 bits per heavy atom. The van der Waals surface area contributed by atoms with Gasteiger partial charge in [-0.1, -0.05) is 18.2 Å². The maximum Gasteiger partial charge on any atom is 0.223 e. The second-order valence-electron chi connectivity index (χ2n) is 4.22. The van der Waals surface area contributed by atoms with Crippen LogP contribution in [-0.4, -0.2) is 27.0 Å². The van der Waals surface area contributed by atoms with Gasteiger partial charge in [0.15, 0.2) is 0 Å². The monoisotopic (exact) mass is 283 g/mol. The summed E-state index contributed by atoms with van der Waals surface area (Å²) < 4.78 is 0. The van der Waals surface area contributed by atoms with Gasteiger partial charge in [-0.05, 0) is 30.8 Å². The van der Waals surface area contributed by atoms with E-state index >= 15 is 0 Å². The molecule has 0 saturated heterocycles. The van der Waals surface area contributed by atoms with Gasteiger partial charge >= 0.3 is 0 Å². The second kappa shape index (κ2) is 5.42. The highest BCUT2D eigenvalue weighted by molar-refractivity contribution is 7.99. The van der Waals surface area contributed by atoms with Crippen LogP contribution in [0.1, 0.15) is 5.69 Å². The van der Waals surface area contributed by atoms with Gasteiger partial charge in [0.1, 0.15) is 16.4 Å². The fraction of sp³-hybridized carbons (Fsp3) is 0.143. The summed E-state index contributed by atoms with van der Waals surface area (Å²) in [5.41, 5.74) is 1.86. The van der Waals surface area contributed by atoms with E-state index in [-0.39, 0.29) is 0 Å². The van der Waals surface area contributed by atoms with Gasteiger partial charge in [0.25, 0.3) is 0 Å². The van der Waals surface area contributed by atoms with E-state index in [0.717, 1.165) is 26.6 Å². The molecule has 0 spiro atoms. The zero-order valence-corrected chi connectivity index (χ0v) is 12.0. The Kier molecular flexibility index (Phi) is 3.47. The predicted octanol–water partition coefficient (Wildman–Crippen LogP) is 2.92. The molecule has 3 aromatic rings. The van der Waals surface area contributed by atoms with E-state index < -0.39 is 0 Å². The molecule has 2 aromatic heterocycles. The smallest absolute Gasteiger partial charge is 0.223 e. The third-order valence-electron chi connectivity index (χ3n) is 2.76. The van der Waals surface area contributed by atoms with Gasteiger partial charge in [-0.3, -0.25) is 0 Å². The van der Waals surface area contributed by atoms with Crippen LogP contribution in [0.15, 0.2) is 46.7 Å². The van der Waals surface area contributed by atoms with Gasteiger partial charge in [-0.25, -0.2) is 19.9 Å². The van der Waals surface area contributed by atoms with Crippen LogP contribution in [0.25, 0.3) is 10.9 Å². The minimum absolute atomic E-state index is 0.617. The molecule has 5 nitrogen and oxygen atoms in total. The van der Waals surface area contributed by atoms with Crippen molar-refractivity contribution in [2.75, 3.05) is 12.4 Å². The van der Waals surface area contributed by atoms with Gasteiger partial charge < -0.3 is 5.32 Å². The van der Waals surface area contributed by atoms with Gasteiger partial charge in [-0.15, -0.1) is 0 Å². The molecule has 0 aliphatic carbocycles. The number of hydrogen-bond acceptors (Lipinski definition) is 6. The number of nitrogens with one attached hydrogen (secondary N) is 1. The van der Waals surface area contributed by atoms with Gasteiger partial charge in [0, 0.05) is 18.1 Å². The summed E-state index contributed by atoms with van der Waals surface area (Å²) in [4.78, 5) is 17.3. The number of anilines is 1. The third-order valence-corrected chi connectivity index (χ3v) is 3.70. The molecule has 0 saturated carbocycles. The number of hydrogen-bond donors (Lipinski definition) is 1. The molecule has 0 amide bonds. The Morgan fingerprint density at radius 3 is 2.80 bits per heavy atom. The maximum absolute atomic E-state index is 4.43. The Bertz CT molecular complexity index is 754. The van der Waals surface area contributed by atoms with Crippen molar-refractivity contribution in [2.45, 2.75) is 17.0 Å². The largest absolute Gasteiger partial charge is 0.357 e. The van der Waals surface area contributed by atoms with Gasteiger partial charge in [-0.2, -0.15) is 0 Å². The van der Waals surface area contributed by atoms with Gasteiger partial charge in [0.2, 0.25) is 5.95 Å². The zero-order valence-electron chi connectivity index (χ0n) is 11.2. The molecule has 3 rings (SSSR count). The molecule has 0 atom stereocenters. The summed E-state index contributed by atoms with van der Waals surface area (Å²) in [5.74, 6) is 0.617. The lowest BCUT2D eigenvalue weighted by molar-refractivity contribution is 1.00. The summed E-state index contributed by atoms with van der Waals surface area (Å²) in [5, 5.41) is 5.76. The van der Waals surface area contributed by atoms with Crippen LogP contribution in [0.5, 0.6) is 0 Å². The quantitative estimate of drug-likeness (QED) is 0.746. The van der Waals surface area contributed by atoms with Crippen molar-refractivity contribution in [1.82, 2.24) is 19.9 Å².